The molecule has 0 fully saturated rings. The van der Waals surface area contributed by atoms with Gasteiger partial charge in [-0.05, 0) is 26.3 Å². The van der Waals surface area contributed by atoms with Crippen molar-refractivity contribution in [2.75, 3.05) is 6.61 Å². The van der Waals surface area contributed by atoms with Gasteiger partial charge in [-0.15, -0.1) is 0 Å². The summed E-state index contributed by atoms with van der Waals surface area (Å²) >= 11 is 0. The highest BCUT2D eigenvalue weighted by atomic mass is 19.3. The summed E-state index contributed by atoms with van der Waals surface area (Å²) in [6, 6.07) is 6.68. The number of alkyl halides is 2. The molecule has 0 aliphatic carbocycles. The number of aliphatic hydroxyl groups excluding tert-OH is 1. The molecule has 0 amide bonds. The fraction of sp³-hybridized carbons (Fsp3) is 0.571. The zero-order chi connectivity index (χ0) is 14.5. The van der Waals surface area contributed by atoms with Crippen molar-refractivity contribution in [1.29, 1.82) is 0 Å². The van der Waals surface area contributed by atoms with Gasteiger partial charge in [0.2, 0.25) is 0 Å². The topological polar surface area (TPSA) is 41.5 Å². The van der Waals surface area contributed by atoms with E-state index in [4.69, 9.17) is 0 Å². The van der Waals surface area contributed by atoms with Crippen LogP contribution in [0.25, 0.3) is 0 Å². The van der Waals surface area contributed by atoms with Gasteiger partial charge in [0.25, 0.3) is 0 Å². The molecule has 0 radical (unpaired) electrons. The van der Waals surface area contributed by atoms with Gasteiger partial charge in [-0.25, -0.2) is 0 Å². The largest absolute Gasteiger partial charge is 0.434 e. The summed E-state index contributed by atoms with van der Waals surface area (Å²) in [5.74, 6) is 0.0878. The third kappa shape index (κ3) is 4.14. The van der Waals surface area contributed by atoms with Crippen molar-refractivity contribution in [2.24, 2.45) is 0 Å². The predicted molar refractivity (Wildman–Crippen MR) is 70.4 cm³/mol. The lowest BCUT2D eigenvalue weighted by Gasteiger charge is -2.33. The first-order valence-corrected chi connectivity index (χ1v) is 6.35. The molecule has 1 aromatic rings. The van der Waals surface area contributed by atoms with Crippen LogP contribution in [0.15, 0.2) is 24.3 Å². The van der Waals surface area contributed by atoms with Crippen molar-refractivity contribution in [1.82, 2.24) is 5.32 Å². The molecule has 2 atom stereocenters. The van der Waals surface area contributed by atoms with Crippen LogP contribution in [-0.4, -0.2) is 24.4 Å². The van der Waals surface area contributed by atoms with Gasteiger partial charge >= 0.3 is 6.61 Å². The molecule has 0 heterocycles. The standard InChI is InChI=1S/C14H21F2NO2/c1-4-10(2)17-14(3,9-18)11-7-5-6-8-12(11)19-13(15)16/h5-8,10,13,17-18H,4,9H2,1-3H3. The van der Waals surface area contributed by atoms with E-state index < -0.39 is 12.2 Å². The zero-order valence-electron chi connectivity index (χ0n) is 11.5. The molecule has 5 heteroatoms. The maximum absolute atomic E-state index is 12.4. The highest BCUT2D eigenvalue weighted by Crippen LogP contribution is 2.31. The van der Waals surface area contributed by atoms with E-state index in [2.05, 4.69) is 10.1 Å². The van der Waals surface area contributed by atoms with Crippen molar-refractivity contribution < 1.29 is 18.6 Å². The maximum atomic E-state index is 12.4. The first-order valence-electron chi connectivity index (χ1n) is 6.35. The molecule has 19 heavy (non-hydrogen) atoms. The Morgan fingerprint density at radius 2 is 2.00 bits per heavy atom. The van der Waals surface area contributed by atoms with Crippen LogP contribution >= 0.6 is 0 Å². The second-order valence-corrected chi connectivity index (χ2v) is 4.82. The van der Waals surface area contributed by atoms with Crippen molar-refractivity contribution in [3.8, 4) is 5.75 Å². The normalized spacial score (nSPS) is 16.2. The first kappa shape index (κ1) is 15.9. The van der Waals surface area contributed by atoms with Crippen LogP contribution in [0.1, 0.15) is 32.8 Å². The number of para-hydroxylation sites is 1. The Labute approximate surface area is 112 Å². The molecule has 0 bridgehead atoms. The number of nitrogens with one attached hydrogen (secondary N) is 1. The van der Waals surface area contributed by atoms with E-state index in [0.29, 0.717) is 5.56 Å². The lowest BCUT2D eigenvalue weighted by molar-refractivity contribution is -0.0515. The Morgan fingerprint density at radius 3 is 2.53 bits per heavy atom. The Hall–Kier alpha value is -1.20. The van der Waals surface area contributed by atoms with Crippen molar-refractivity contribution in [2.45, 2.75) is 45.4 Å². The number of aliphatic hydroxyl groups is 1. The molecule has 108 valence electrons. The van der Waals surface area contributed by atoms with E-state index in [1.807, 2.05) is 13.8 Å². The Morgan fingerprint density at radius 1 is 1.37 bits per heavy atom. The van der Waals surface area contributed by atoms with Gasteiger partial charge in [0.1, 0.15) is 5.75 Å². The van der Waals surface area contributed by atoms with Gasteiger partial charge in [-0.3, -0.25) is 0 Å². The molecule has 0 saturated heterocycles. The number of benzene rings is 1. The van der Waals surface area contributed by atoms with Crippen LogP contribution < -0.4 is 10.1 Å². The maximum Gasteiger partial charge on any atom is 0.387 e. The molecule has 2 unspecified atom stereocenters. The molecule has 0 saturated carbocycles. The van der Waals surface area contributed by atoms with Crippen LogP contribution in [0.2, 0.25) is 0 Å². The average Bonchev–Trinajstić information content (AvgIpc) is 2.38. The zero-order valence-corrected chi connectivity index (χ0v) is 11.5. The molecule has 0 aromatic heterocycles. The summed E-state index contributed by atoms with van der Waals surface area (Å²) in [7, 11) is 0. The SMILES string of the molecule is CCC(C)NC(C)(CO)c1ccccc1OC(F)F. The van der Waals surface area contributed by atoms with Crippen molar-refractivity contribution >= 4 is 0 Å². The summed E-state index contributed by atoms with van der Waals surface area (Å²) < 4.78 is 29.4. The third-order valence-corrected chi connectivity index (χ3v) is 3.19. The highest BCUT2D eigenvalue weighted by molar-refractivity contribution is 5.39. The molecule has 2 N–H and O–H groups in total. The molecular weight excluding hydrogens is 252 g/mol. The quantitative estimate of drug-likeness (QED) is 0.802. The van der Waals surface area contributed by atoms with Gasteiger partial charge in [-0.1, -0.05) is 25.1 Å². The minimum atomic E-state index is -2.88. The summed E-state index contributed by atoms with van der Waals surface area (Å²) in [5.41, 5.74) is -0.293. The molecule has 1 rings (SSSR count). The molecular formula is C14H21F2NO2. The lowest BCUT2D eigenvalue weighted by Crippen LogP contribution is -2.47. The van der Waals surface area contributed by atoms with Gasteiger partial charge in [0.15, 0.2) is 0 Å². The molecule has 1 aromatic carbocycles. The average molecular weight is 273 g/mol. The first-order chi connectivity index (χ1) is 8.92. The Bertz CT molecular complexity index is 401. The number of hydrogen-bond acceptors (Lipinski definition) is 3. The molecule has 0 aliphatic heterocycles. The van der Waals surface area contributed by atoms with Gasteiger partial charge in [-0.2, -0.15) is 8.78 Å². The van der Waals surface area contributed by atoms with Crippen LogP contribution in [0.5, 0.6) is 5.75 Å². The summed E-state index contributed by atoms with van der Waals surface area (Å²) in [4.78, 5) is 0. The van der Waals surface area contributed by atoms with Crippen LogP contribution in [0, 0.1) is 0 Å². The fourth-order valence-electron chi connectivity index (χ4n) is 1.98. The highest BCUT2D eigenvalue weighted by Gasteiger charge is 2.30. The van der Waals surface area contributed by atoms with E-state index in [-0.39, 0.29) is 18.4 Å². The lowest BCUT2D eigenvalue weighted by atomic mass is 9.91. The number of hydrogen-bond donors (Lipinski definition) is 2. The van der Waals surface area contributed by atoms with E-state index in [0.717, 1.165) is 6.42 Å². The minimum Gasteiger partial charge on any atom is -0.434 e. The second kappa shape index (κ2) is 6.82. The monoisotopic (exact) mass is 273 g/mol. The van der Waals surface area contributed by atoms with E-state index in [1.54, 1.807) is 25.1 Å². The van der Waals surface area contributed by atoms with Crippen LogP contribution in [0.4, 0.5) is 8.78 Å². The fourth-order valence-corrected chi connectivity index (χ4v) is 1.98. The summed E-state index contributed by atoms with van der Waals surface area (Å²) in [6.45, 7) is 2.67. The van der Waals surface area contributed by atoms with Gasteiger partial charge in [0.05, 0.1) is 12.1 Å². The van der Waals surface area contributed by atoms with Gasteiger partial charge < -0.3 is 15.2 Å². The smallest absolute Gasteiger partial charge is 0.387 e. The van der Waals surface area contributed by atoms with Crippen LogP contribution in [-0.2, 0) is 5.54 Å². The van der Waals surface area contributed by atoms with E-state index >= 15 is 0 Å². The van der Waals surface area contributed by atoms with Gasteiger partial charge in [0, 0.05) is 11.6 Å². The number of halogens is 2. The van der Waals surface area contributed by atoms with E-state index in [1.165, 1.54) is 6.07 Å². The molecule has 0 aliphatic rings. The molecule has 0 spiro atoms. The Balaban J connectivity index is 3.09. The third-order valence-electron chi connectivity index (χ3n) is 3.19. The van der Waals surface area contributed by atoms with Crippen molar-refractivity contribution in [3.63, 3.8) is 0 Å². The predicted octanol–water partition coefficient (Wildman–Crippen LogP) is 2.88. The minimum absolute atomic E-state index is 0.0878. The van der Waals surface area contributed by atoms with Crippen LogP contribution in [0.3, 0.4) is 0 Å². The second-order valence-electron chi connectivity index (χ2n) is 4.82. The summed E-state index contributed by atoms with van der Waals surface area (Å²) in [5, 5.41) is 12.9. The number of ether oxygens (including phenoxy) is 1. The number of rotatable bonds is 7. The Kier molecular flexibility index (Phi) is 5.69. The summed E-state index contributed by atoms with van der Waals surface area (Å²) in [6.07, 6.45) is 0.869. The van der Waals surface area contributed by atoms with E-state index in [9.17, 15) is 13.9 Å². The van der Waals surface area contributed by atoms with Crippen molar-refractivity contribution in [3.05, 3.63) is 29.8 Å². The molecule has 3 nitrogen and oxygen atoms in total.